The van der Waals surface area contributed by atoms with Gasteiger partial charge in [0.1, 0.15) is 0 Å². The highest BCUT2D eigenvalue weighted by molar-refractivity contribution is 5.69. The number of rotatable bonds is 4. The first-order chi connectivity index (χ1) is 8.16. The average molecular weight is 238 g/mol. The maximum atomic E-state index is 10.6. The molecule has 1 aromatic rings. The second-order valence-electron chi connectivity index (χ2n) is 4.44. The minimum Gasteiger partial charge on any atom is -0.480 e. The van der Waals surface area contributed by atoms with Crippen LogP contribution in [0.3, 0.4) is 0 Å². The molecule has 1 N–H and O–H groups in total. The predicted molar refractivity (Wildman–Crippen MR) is 62.8 cm³/mol. The molecular formula is C12H18N2O3. The summed E-state index contributed by atoms with van der Waals surface area (Å²) >= 11 is 0. The van der Waals surface area contributed by atoms with Gasteiger partial charge in [-0.3, -0.25) is 14.6 Å². The predicted octanol–water partition coefficient (Wildman–Crippen LogP) is 1.04. The van der Waals surface area contributed by atoms with E-state index in [0.717, 1.165) is 26.2 Å². The standard InChI is InChI=1S/C12H18N2O3/c1-10(11-2-7-17-9-11)14-5-3-13(4-6-14)8-12(15)16/h2,7,9-10H,3-6,8H2,1H3,(H,15,16). The van der Waals surface area contributed by atoms with Crippen molar-refractivity contribution in [2.24, 2.45) is 0 Å². The van der Waals surface area contributed by atoms with Crippen molar-refractivity contribution >= 4 is 5.97 Å². The first kappa shape index (κ1) is 12.1. The molecule has 2 rings (SSSR count). The molecule has 2 heterocycles. The maximum absolute atomic E-state index is 10.6. The van der Waals surface area contributed by atoms with E-state index in [9.17, 15) is 4.79 Å². The van der Waals surface area contributed by atoms with Gasteiger partial charge in [0.2, 0.25) is 0 Å². The fourth-order valence-electron chi connectivity index (χ4n) is 2.22. The van der Waals surface area contributed by atoms with Gasteiger partial charge in [-0.25, -0.2) is 0 Å². The Kier molecular flexibility index (Phi) is 3.81. The van der Waals surface area contributed by atoms with Crippen molar-refractivity contribution in [1.29, 1.82) is 0 Å². The van der Waals surface area contributed by atoms with Crippen molar-refractivity contribution in [3.63, 3.8) is 0 Å². The molecule has 1 unspecified atom stereocenters. The molecular weight excluding hydrogens is 220 g/mol. The summed E-state index contributed by atoms with van der Waals surface area (Å²) in [6, 6.07) is 2.31. The minimum absolute atomic E-state index is 0.147. The van der Waals surface area contributed by atoms with Gasteiger partial charge < -0.3 is 9.52 Å². The van der Waals surface area contributed by atoms with Crippen LogP contribution in [0.15, 0.2) is 23.0 Å². The fourth-order valence-corrected chi connectivity index (χ4v) is 2.22. The van der Waals surface area contributed by atoms with Crippen LogP contribution in [-0.2, 0) is 4.79 Å². The number of aliphatic carboxylic acids is 1. The average Bonchev–Trinajstić information content (AvgIpc) is 2.82. The number of nitrogens with zero attached hydrogens (tertiary/aromatic N) is 2. The fraction of sp³-hybridized carbons (Fsp3) is 0.583. The molecule has 5 nitrogen and oxygen atoms in total. The van der Waals surface area contributed by atoms with Crippen LogP contribution in [0.25, 0.3) is 0 Å². The van der Waals surface area contributed by atoms with Gasteiger partial charge in [-0.1, -0.05) is 0 Å². The summed E-state index contributed by atoms with van der Waals surface area (Å²) < 4.78 is 5.09. The Bertz CT molecular complexity index is 356. The van der Waals surface area contributed by atoms with Gasteiger partial charge in [0.05, 0.1) is 19.1 Å². The third-order valence-corrected chi connectivity index (χ3v) is 3.34. The number of carboxylic acid groups (broad SMARTS) is 1. The van der Waals surface area contributed by atoms with Gasteiger partial charge in [-0.15, -0.1) is 0 Å². The molecule has 0 amide bonds. The number of hydrogen-bond acceptors (Lipinski definition) is 4. The van der Waals surface area contributed by atoms with Gasteiger partial charge in [0, 0.05) is 37.8 Å². The molecule has 5 heteroatoms. The van der Waals surface area contributed by atoms with Crippen molar-refractivity contribution < 1.29 is 14.3 Å². The molecule has 1 fully saturated rings. The largest absolute Gasteiger partial charge is 0.480 e. The second kappa shape index (κ2) is 5.33. The van der Waals surface area contributed by atoms with Crippen LogP contribution in [0.5, 0.6) is 0 Å². The molecule has 0 saturated carbocycles. The van der Waals surface area contributed by atoms with Crippen LogP contribution in [0, 0.1) is 0 Å². The smallest absolute Gasteiger partial charge is 0.317 e. The zero-order valence-corrected chi connectivity index (χ0v) is 10.0. The molecule has 17 heavy (non-hydrogen) atoms. The number of piperazine rings is 1. The zero-order chi connectivity index (χ0) is 12.3. The van der Waals surface area contributed by atoms with E-state index in [-0.39, 0.29) is 6.54 Å². The second-order valence-corrected chi connectivity index (χ2v) is 4.44. The van der Waals surface area contributed by atoms with Crippen LogP contribution in [0.1, 0.15) is 18.5 Å². The van der Waals surface area contributed by atoms with Gasteiger partial charge in [0.25, 0.3) is 0 Å². The molecule has 0 radical (unpaired) electrons. The molecule has 1 aliphatic heterocycles. The SMILES string of the molecule is CC(c1ccoc1)N1CCN(CC(=O)O)CC1. The van der Waals surface area contributed by atoms with E-state index in [1.54, 1.807) is 12.5 Å². The van der Waals surface area contributed by atoms with Crippen molar-refractivity contribution in [1.82, 2.24) is 9.80 Å². The summed E-state index contributed by atoms with van der Waals surface area (Å²) in [6.45, 7) is 5.73. The number of furan rings is 1. The van der Waals surface area contributed by atoms with E-state index in [1.807, 2.05) is 11.0 Å². The molecule has 1 saturated heterocycles. The third-order valence-electron chi connectivity index (χ3n) is 3.34. The lowest BCUT2D eigenvalue weighted by Gasteiger charge is -2.37. The van der Waals surface area contributed by atoms with E-state index >= 15 is 0 Å². The first-order valence-electron chi connectivity index (χ1n) is 5.87. The van der Waals surface area contributed by atoms with Gasteiger partial charge in [0.15, 0.2) is 0 Å². The molecule has 1 aromatic heterocycles. The Labute approximate surface area is 101 Å². The van der Waals surface area contributed by atoms with E-state index < -0.39 is 5.97 Å². The van der Waals surface area contributed by atoms with E-state index in [1.165, 1.54) is 5.56 Å². The van der Waals surface area contributed by atoms with Crippen LogP contribution in [-0.4, -0.2) is 53.6 Å². The minimum atomic E-state index is -0.749. The Hall–Kier alpha value is -1.33. The lowest BCUT2D eigenvalue weighted by atomic mass is 10.1. The molecule has 0 aliphatic carbocycles. The highest BCUT2D eigenvalue weighted by atomic mass is 16.4. The lowest BCUT2D eigenvalue weighted by molar-refractivity contribution is -0.138. The van der Waals surface area contributed by atoms with E-state index in [2.05, 4.69) is 11.8 Å². The van der Waals surface area contributed by atoms with Gasteiger partial charge in [-0.05, 0) is 13.0 Å². The Morgan fingerprint density at radius 3 is 2.71 bits per heavy atom. The molecule has 0 bridgehead atoms. The Morgan fingerprint density at radius 2 is 2.18 bits per heavy atom. The molecule has 1 aliphatic rings. The summed E-state index contributed by atoms with van der Waals surface area (Å²) in [4.78, 5) is 14.9. The monoisotopic (exact) mass is 238 g/mol. The lowest BCUT2D eigenvalue weighted by Crippen LogP contribution is -2.48. The van der Waals surface area contributed by atoms with Crippen LogP contribution < -0.4 is 0 Å². The quantitative estimate of drug-likeness (QED) is 0.849. The third kappa shape index (κ3) is 3.08. The van der Waals surface area contributed by atoms with Crippen LogP contribution in [0.4, 0.5) is 0 Å². The highest BCUT2D eigenvalue weighted by Gasteiger charge is 2.23. The summed E-state index contributed by atoms with van der Waals surface area (Å²) in [6.07, 6.45) is 3.46. The van der Waals surface area contributed by atoms with Gasteiger partial charge in [-0.2, -0.15) is 0 Å². The number of hydrogen-bond donors (Lipinski definition) is 1. The maximum Gasteiger partial charge on any atom is 0.317 e. The van der Waals surface area contributed by atoms with E-state index in [4.69, 9.17) is 9.52 Å². The molecule has 94 valence electrons. The van der Waals surface area contributed by atoms with Crippen LogP contribution >= 0.6 is 0 Å². The van der Waals surface area contributed by atoms with Crippen molar-refractivity contribution in [3.05, 3.63) is 24.2 Å². The Morgan fingerprint density at radius 1 is 1.47 bits per heavy atom. The molecule has 1 atom stereocenters. The number of carboxylic acids is 1. The summed E-state index contributed by atoms with van der Waals surface area (Å²) in [5.41, 5.74) is 1.18. The normalized spacial score (nSPS) is 20.3. The highest BCUT2D eigenvalue weighted by Crippen LogP contribution is 2.21. The van der Waals surface area contributed by atoms with Gasteiger partial charge >= 0.3 is 5.97 Å². The summed E-state index contributed by atoms with van der Waals surface area (Å²) in [5.74, 6) is -0.749. The zero-order valence-electron chi connectivity index (χ0n) is 10.0. The number of carbonyl (C=O) groups is 1. The summed E-state index contributed by atoms with van der Waals surface area (Å²) in [7, 11) is 0. The van der Waals surface area contributed by atoms with Crippen molar-refractivity contribution in [3.8, 4) is 0 Å². The van der Waals surface area contributed by atoms with Crippen molar-refractivity contribution in [2.75, 3.05) is 32.7 Å². The summed E-state index contributed by atoms with van der Waals surface area (Å²) in [5, 5.41) is 8.72. The van der Waals surface area contributed by atoms with Crippen LogP contribution in [0.2, 0.25) is 0 Å². The topological polar surface area (TPSA) is 56.9 Å². The van der Waals surface area contributed by atoms with Crippen molar-refractivity contribution in [2.45, 2.75) is 13.0 Å². The Balaban J connectivity index is 1.84. The molecule has 0 spiro atoms. The van der Waals surface area contributed by atoms with E-state index in [0.29, 0.717) is 6.04 Å². The molecule has 0 aromatic carbocycles. The first-order valence-corrected chi connectivity index (χ1v) is 5.87.